The third kappa shape index (κ3) is 4.97. The Balaban J connectivity index is 1.41. The van der Waals surface area contributed by atoms with Crippen molar-refractivity contribution < 1.29 is 27.2 Å². The number of nitrogens with zero attached hydrogens (tertiary/aromatic N) is 1. The average molecular weight is 477 g/mol. The molecule has 0 aliphatic carbocycles. The summed E-state index contributed by atoms with van der Waals surface area (Å²) in [4.78, 5) is 28.6. The van der Waals surface area contributed by atoms with Crippen LogP contribution in [0.2, 0.25) is 0 Å². The highest BCUT2D eigenvalue weighted by Gasteiger charge is 2.20. The van der Waals surface area contributed by atoms with Crippen LogP contribution in [0.15, 0.2) is 99.6 Å². The molecule has 0 fully saturated rings. The number of amides is 2. The molecule has 10 heteroatoms. The molecule has 2 aromatic carbocycles. The fraction of sp³-hybridized carbons (Fsp3) is 0.0417. The molecule has 0 radical (unpaired) electrons. The van der Waals surface area contributed by atoms with Gasteiger partial charge in [-0.3, -0.25) is 9.59 Å². The molecular formula is C24H19N3O6S. The van der Waals surface area contributed by atoms with E-state index in [1.54, 1.807) is 48.5 Å². The number of hydrogen-bond acceptors (Lipinski definition) is 7. The van der Waals surface area contributed by atoms with Gasteiger partial charge in [0.1, 0.15) is 5.75 Å². The summed E-state index contributed by atoms with van der Waals surface area (Å²) in [6.45, 7) is 0. The van der Waals surface area contributed by atoms with Gasteiger partial charge < -0.3 is 19.8 Å². The van der Waals surface area contributed by atoms with E-state index in [0.29, 0.717) is 17.1 Å². The Bertz CT molecular complexity index is 1400. The van der Waals surface area contributed by atoms with Crippen molar-refractivity contribution in [1.29, 1.82) is 0 Å². The molecular weight excluding hydrogens is 458 g/mol. The molecule has 2 aromatic heterocycles. The van der Waals surface area contributed by atoms with Crippen LogP contribution >= 0.6 is 0 Å². The van der Waals surface area contributed by atoms with Crippen LogP contribution in [0.25, 0.3) is 0 Å². The molecule has 34 heavy (non-hydrogen) atoms. The Labute approximate surface area is 195 Å². The average Bonchev–Trinajstić information content (AvgIpc) is 3.41. The maximum atomic E-state index is 12.7. The Kier molecular flexibility index (Phi) is 6.42. The number of methoxy groups -OCH3 is 1. The summed E-state index contributed by atoms with van der Waals surface area (Å²) >= 11 is 0. The Hall–Kier alpha value is -4.44. The van der Waals surface area contributed by atoms with Gasteiger partial charge in [0.2, 0.25) is 9.84 Å². The van der Waals surface area contributed by atoms with E-state index in [0.717, 1.165) is 0 Å². The topological polar surface area (TPSA) is 128 Å². The van der Waals surface area contributed by atoms with Gasteiger partial charge in [0.15, 0.2) is 10.8 Å². The van der Waals surface area contributed by atoms with Crippen molar-refractivity contribution in [2.24, 2.45) is 0 Å². The lowest BCUT2D eigenvalue weighted by molar-refractivity contribution is 0.0994. The molecule has 9 nitrogen and oxygen atoms in total. The number of hydrogen-bond donors (Lipinski definition) is 2. The van der Waals surface area contributed by atoms with Gasteiger partial charge in [-0.15, -0.1) is 0 Å². The number of furan rings is 1. The fourth-order valence-electron chi connectivity index (χ4n) is 2.99. The summed E-state index contributed by atoms with van der Waals surface area (Å²) in [7, 11) is -2.35. The quantitative estimate of drug-likeness (QED) is 0.411. The normalized spacial score (nSPS) is 11.0. The zero-order valence-electron chi connectivity index (χ0n) is 17.9. The number of sulfone groups is 1. The van der Waals surface area contributed by atoms with E-state index in [1.165, 1.54) is 43.8 Å². The highest BCUT2D eigenvalue weighted by molar-refractivity contribution is 7.91. The second-order valence-corrected chi connectivity index (χ2v) is 8.92. The van der Waals surface area contributed by atoms with E-state index in [1.807, 2.05) is 0 Å². The maximum absolute atomic E-state index is 12.7. The second kappa shape index (κ2) is 9.59. The van der Waals surface area contributed by atoms with Crippen molar-refractivity contribution in [3.8, 4) is 5.75 Å². The molecule has 0 aliphatic rings. The van der Waals surface area contributed by atoms with Crippen molar-refractivity contribution >= 4 is 33.0 Å². The van der Waals surface area contributed by atoms with Crippen LogP contribution in [0.5, 0.6) is 5.75 Å². The number of nitrogens with one attached hydrogen (secondary N) is 2. The van der Waals surface area contributed by atoms with Crippen LogP contribution in [0.3, 0.4) is 0 Å². The van der Waals surface area contributed by atoms with Gasteiger partial charge in [-0.25, -0.2) is 13.4 Å². The Morgan fingerprint density at radius 2 is 1.50 bits per heavy atom. The van der Waals surface area contributed by atoms with E-state index in [2.05, 4.69) is 15.6 Å². The molecule has 0 atom stereocenters. The predicted octanol–water partition coefficient (Wildman–Crippen LogP) is 4.02. The highest BCUT2D eigenvalue weighted by atomic mass is 32.2. The standard InChI is InChI=1S/C24H19N3O6S/c1-32-19-9-11-20(12-10-19)34(30,31)22-13-4-16(15-25-22)23(28)26-17-5-7-18(8-6-17)27-24(29)21-3-2-14-33-21/h2-15H,1H3,(H,26,28)(H,27,29). The molecule has 0 saturated carbocycles. The molecule has 172 valence electrons. The largest absolute Gasteiger partial charge is 0.497 e. The third-order valence-electron chi connectivity index (χ3n) is 4.79. The molecule has 0 unspecified atom stereocenters. The summed E-state index contributed by atoms with van der Waals surface area (Å²) in [6.07, 6.45) is 2.60. The van der Waals surface area contributed by atoms with E-state index < -0.39 is 21.7 Å². The van der Waals surface area contributed by atoms with Gasteiger partial charge in [0.05, 0.1) is 23.8 Å². The molecule has 4 rings (SSSR count). The number of anilines is 2. The molecule has 0 bridgehead atoms. The SMILES string of the molecule is COc1ccc(S(=O)(=O)c2ccc(C(=O)Nc3ccc(NC(=O)c4ccco4)cc3)cn2)cc1. The third-order valence-corrected chi connectivity index (χ3v) is 6.47. The molecule has 0 aliphatic heterocycles. The summed E-state index contributed by atoms with van der Waals surface area (Å²) in [5, 5.41) is 5.20. The van der Waals surface area contributed by atoms with E-state index in [4.69, 9.17) is 9.15 Å². The minimum absolute atomic E-state index is 0.0669. The first-order chi connectivity index (χ1) is 16.4. The minimum Gasteiger partial charge on any atom is -0.497 e. The maximum Gasteiger partial charge on any atom is 0.291 e. The molecule has 0 saturated heterocycles. The van der Waals surface area contributed by atoms with Crippen molar-refractivity contribution in [3.05, 3.63) is 96.6 Å². The zero-order valence-corrected chi connectivity index (χ0v) is 18.7. The lowest BCUT2D eigenvalue weighted by atomic mass is 10.2. The summed E-state index contributed by atoms with van der Waals surface area (Å²) in [5.41, 5.74) is 1.19. The molecule has 0 spiro atoms. The lowest BCUT2D eigenvalue weighted by Crippen LogP contribution is -2.14. The smallest absolute Gasteiger partial charge is 0.291 e. The van der Waals surface area contributed by atoms with Crippen molar-refractivity contribution in [2.45, 2.75) is 9.92 Å². The first-order valence-electron chi connectivity index (χ1n) is 9.98. The van der Waals surface area contributed by atoms with Crippen LogP contribution in [0, 0.1) is 0 Å². The second-order valence-electron chi connectivity index (χ2n) is 7.03. The van der Waals surface area contributed by atoms with Crippen LogP contribution in [-0.2, 0) is 9.84 Å². The van der Waals surface area contributed by atoms with Gasteiger partial charge in [-0.2, -0.15) is 0 Å². The van der Waals surface area contributed by atoms with E-state index in [-0.39, 0.29) is 21.2 Å². The van der Waals surface area contributed by atoms with Gasteiger partial charge >= 0.3 is 0 Å². The van der Waals surface area contributed by atoms with Crippen molar-refractivity contribution in [1.82, 2.24) is 4.98 Å². The molecule has 2 heterocycles. The highest BCUT2D eigenvalue weighted by Crippen LogP contribution is 2.22. The van der Waals surface area contributed by atoms with Gasteiger partial charge in [0, 0.05) is 17.6 Å². The lowest BCUT2D eigenvalue weighted by Gasteiger charge is -2.08. The van der Waals surface area contributed by atoms with Gasteiger partial charge in [-0.1, -0.05) is 0 Å². The van der Waals surface area contributed by atoms with Crippen LogP contribution in [0.1, 0.15) is 20.9 Å². The molecule has 2 N–H and O–H groups in total. The predicted molar refractivity (Wildman–Crippen MR) is 124 cm³/mol. The van der Waals surface area contributed by atoms with E-state index in [9.17, 15) is 18.0 Å². The number of aromatic nitrogens is 1. The first kappa shape index (κ1) is 22.7. The fourth-order valence-corrected chi connectivity index (χ4v) is 4.16. The van der Waals surface area contributed by atoms with Gasteiger partial charge in [0.25, 0.3) is 11.8 Å². The van der Waals surface area contributed by atoms with E-state index >= 15 is 0 Å². The minimum atomic E-state index is -3.84. The van der Waals surface area contributed by atoms with Crippen LogP contribution < -0.4 is 15.4 Å². The molecule has 4 aromatic rings. The first-order valence-corrected chi connectivity index (χ1v) is 11.5. The summed E-state index contributed by atoms with van der Waals surface area (Å²) in [5.74, 6) is -0.139. The van der Waals surface area contributed by atoms with Crippen molar-refractivity contribution in [2.75, 3.05) is 17.7 Å². The number of benzene rings is 2. The number of ether oxygens (including phenoxy) is 1. The number of carbonyl (C=O) groups is 2. The zero-order chi connectivity index (χ0) is 24.1. The Morgan fingerprint density at radius 1 is 0.853 bits per heavy atom. The Morgan fingerprint density at radius 3 is 2.03 bits per heavy atom. The van der Waals surface area contributed by atoms with Crippen LogP contribution in [0.4, 0.5) is 11.4 Å². The van der Waals surface area contributed by atoms with Crippen molar-refractivity contribution in [3.63, 3.8) is 0 Å². The van der Waals surface area contributed by atoms with Crippen LogP contribution in [-0.4, -0.2) is 32.3 Å². The van der Waals surface area contributed by atoms with Gasteiger partial charge in [-0.05, 0) is 72.8 Å². The number of pyridine rings is 1. The number of rotatable bonds is 7. The monoisotopic (exact) mass is 477 g/mol. The number of carbonyl (C=O) groups excluding carboxylic acids is 2. The molecule has 2 amide bonds. The summed E-state index contributed by atoms with van der Waals surface area (Å²) in [6, 6.07) is 18.3. The summed E-state index contributed by atoms with van der Waals surface area (Å²) < 4.78 is 35.6.